The van der Waals surface area contributed by atoms with E-state index in [2.05, 4.69) is 15.3 Å². The zero-order valence-corrected chi connectivity index (χ0v) is 22.3. The maximum absolute atomic E-state index is 13.1. The fraction of sp³-hybridized carbons (Fsp3) is 0.300. The van der Waals surface area contributed by atoms with Crippen molar-refractivity contribution in [3.8, 4) is 28.0 Å². The third-order valence-electron chi connectivity index (χ3n) is 6.83. The topological polar surface area (TPSA) is 106 Å². The minimum atomic E-state index is -0.624. The predicted molar refractivity (Wildman–Crippen MR) is 150 cm³/mol. The first-order valence-electron chi connectivity index (χ1n) is 13.0. The molecule has 0 spiro atoms. The minimum absolute atomic E-state index is 0.0913. The van der Waals surface area contributed by atoms with Crippen LogP contribution in [0.4, 0.5) is 10.5 Å². The Kier molecular flexibility index (Phi) is 7.79. The van der Waals surface area contributed by atoms with Crippen LogP contribution in [0.5, 0.6) is 5.75 Å². The number of nitrogens with zero attached hydrogens (tertiary/aromatic N) is 2. The zero-order chi connectivity index (χ0) is 27.4. The number of aromatic nitrogens is 2. The van der Waals surface area contributed by atoms with Gasteiger partial charge in [0.15, 0.2) is 0 Å². The van der Waals surface area contributed by atoms with Gasteiger partial charge in [-0.1, -0.05) is 24.3 Å². The zero-order valence-electron chi connectivity index (χ0n) is 22.3. The summed E-state index contributed by atoms with van der Waals surface area (Å²) in [7, 11) is 4.99. The van der Waals surface area contributed by atoms with Crippen molar-refractivity contribution < 1.29 is 23.8 Å². The van der Waals surface area contributed by atoms with Gasteiger partial charge in [-0.2, -0.15) is 0 Å². The van der Waals surface area contributed by atoms with Gasteiger partial charge in [0.05, 0.1) is 24.5 Å². The molecule has 2 amide bonds. The van der Waals surface area contributed by atoms with Gasteiger partial charge in [0.25, 0.3) is 5.91 Å². The van der Waals surface area contributed by atoms with E-state index in [9.17, 15) is 9.59 Å². The average Bonchev–Trinajstić information content (AvgIpc) is 3.39. The van der Waals surface area contributed by atoms with Crippen molar-refractivity contribution in [2.24, 2.45) is 0 Å². The number of methoxy groups -OCH3 is 1. The van der Waals surface area contributed by atoms with Crippen LogP contribution in [-0.4, -0.2) is 67.4 Å². The second kappa shape index (κ2) is 11.6. The molecule has 2 aromatic carbocycles. The highest BCUT2D eigenvalue weighted by molar-refractivity contribution is 6.04. The van der Waals surface area contributed by atoms with Crippen molar-refractivity contribution in [1.29, 1.82) is 0 Å². The molecule has 2 aromatic heterocycles. The number of para-hydroxylation sites is 1. The number of rotatable bonds is 7. The van der Waals surface area contributed by atoms with E-state index >= 15 is 0 Å². The summed E-state index contributed by atoms with van der Waals surface area (Å²) in [5.74, 6) is 0.521. The molecule has 202 valence electrons. The number of anilines is 1. The first-order chi connectivity index (χ1) is 18.9. The number of amides is 2. The van der Waals surface area contributed by atoms with Gasteiger partial charge in [0, 0.05) is 55.2 Å². The SMILES string of the molecule is COc1ccccc1-c1c[nH]c2ncc(-c3ccc(NC(=O)OCC4CCCCO4)c(C(=O)N(C)C)c3)cc12. The molecule has 3 heterocycles. The molecule has 1 atom stereocenters. The third kappa shape index (κ3) is 5.73. The Bertz CT molecular complexity index is 1490. The van der Waals surface area contributed by atoms with Gasteiger partial charge in [-0.25, -0.2) is 9.78 Å². The molecule has 0 radical (unpaired) electrons. The molecular formula is C30H32N4O5. The second-order valence-electron chi connectivity index (χ2n) is 9.69. The quantitative estimate of drug-likeness (QED) is 0.318. The summed E-state index contributed by atoms with van der Waals surface area (Å²) in [5, 5.41) is 3.66. The lowest BCUT2D eigenvalue weighted by Gasteiger charge is -2.22. The number of aromatic amines is 1. The number of pyridine rings is 1. The van der Waals surface area contributed by atoms with Gasteiger partial charge < -0.3 is 24.1 Å². The van der Waals surface area contributed by atoms with Gasteiger partial charge in [-0.05, 0) is 49.1 Å². The van der Waals surface area contributed by atoms with E-state index in [0.29, 0.717) is 17.9 Å². The lowest BCUT2D eigenvalue weighted by molar-refractivity contribution is -0.0203. The molecule has 4 aromatic rings. The van der Waals surface area contributed by atoms with Crippen LogP contribution in [0.15, 0.2) is 60.9 Å². The van der Waals surface area contributed by atoms with Crippen LogP contribution in [0.1, 0.15) is 29.6 Å². The van der Waals surface area contributed by atoms with Crippen molar-refractivity contribution in [3.05, 3.63) is 66.5 Å². The number of H-pyrrole nitrogens is 1. The van der Waals surface area contributed by atoms with E-state index in [-0.39, 0.29) is 18.6 Å². The van der Waals surface area contributed by atoms with E-state index in [4.69, 9.17) is 14.2 Å². The van der Waals surface area contributed by atoms with Crippen molar-refractivity contribution in [2.75, 3.05) is 39.7 Å². The van der Waals surface area contributed by atoms with Gasteiger partial charge in [-0.15, -0.1) is 0 Å². The number of hydrogen-bond acceptors (Lipinski definition) is 6. The van der Waals surface area contributed by atoms with E-state index in [1.807, 2.05) is 42.6 Å². The Labute approximate surface area is 227 Å². The monoisotopic (exact) mass is 528 g/mol. The summed E-state index contributed by atoms with van der Waals surface area (Å²) in [4.78, 5) is 35.0. The molecule has 9 nitrogen and oxygen atoms in total. The third-order valence-corrected chi connectivity index (χ3v) is 6.83. The molecule has 0 saturated carbocycles. The number of hydrogen-bond donors (Lipinski definition) is 2. The first kappa shape index (κ1) is 26.2. The second-order valence-corrected chi connectivity index (χ2v) is 9.69. The average molecular weight is 529 g/mol. The van der Waals surface area contributed by atoms with E-state index < -0.39 is 6.09 Å². The van der Waals surface area contributed by atoms with E-state index in [1.54, 1.807) is 39.5 Å². The largest absolute Gasteiger partial charge is 0.496 e. The summed E-state index contributed by atoms with van der Waals surface area (Å²) in [5.41, 5.74) is 4.99. The van der Waals surface area contributed by atoms with Crippen LogP contribution in [0.2, 0.25) is 0 Å². The predicted octanol–water partition coefficient (Wildman–Crippen LogP) is 5.72. The summed E-state index contributed by atoms with van der Waals surface area (Å²) >= 11 is 0. The standard InChI is InChI=1S/C30H32N4O5/c1-34(2)29(35)24-14-19(11-12-26(24)33-30(36)39-18-21-8-6-7-13-38-21)20-15-23-25(17-32-28(23)31-16-20)22-9-4-5-10-27(22)37-3/h4-5,9-12,14-17,21H,6-8,13,18H2,1-3H3,(H,31,32)(H,33,36). The fourth-order valence-electron chi connectivity index (χ4n) is 4.76. The van der Waals surface area contributed by atoms with Crippen LogP contribution in [-0.2, 0) is 9.47 Å². The molecular weight excluding hydrogens is 496 g/mol. The van der Waals surface area contributed by atoms with Gasteiger partial charge in [-0.3, -0.25) is 10.1 Å². The Hall–Kier alpha value is -4.37. The number of carbonyl (C=O) groups is 2. The summed E-state index contributed by atoms with van der Waals surface area (Å²) in [6.07, 6.45) is 5.91. The molecule has 2 N–H and O–H groups in total. The van der Waals surface area contributed by atoms with Gasteiger partial charge in [0.1, 0.15) is 18.0 Å². The molecule has 9 heteroatoms. The number of benzene rings is 2. The summed E-state index contributed by atoms with van der Waals surface area (Å²) in [6.45, 7) is 0.861. The van der Waals surface area contributed by atoms with Crippen molar-refractivity contribution in [3.63, 3.8) is 0 Å². The molecule has 1 fully saturated rings. The van der Waals surface area contributed by atoms with E-state index in [0.717, 1.165) is 58.3 Å². The highest BCUT2D eigenvalue weighted by Gasteiger charge is 2.20. The highest BCUT2D eigenvalue weighted by Crippen LogP contribution is 2.36. The molecule has 1 unspecified atom stereocenters. The van der Waals surface area contributed by atoms with Crippen LogP contribution in [0.3, 0.4) is 0 Å². The smallest absolute Gasteiger partial charge is 0.411 e. The molecule has 0 aliphatic carbocycles. The Morgan fingerprint density at radius 3 is 2.72 bits per heavy atom. The molecule has 39 heavy (non-hydrogen) atoms. The maximum atomic E-state index is 13.1. The maximum Gasteiger partial charge on any atom is 0.411 e. The van der Waals surface area contributed by atoms with Crippen molar-refractivity contribution in [2.45, 2.75) is 25.4 Å². The molecule has 0 bridgehead atoms. The highest BCUT2D eigenvalue weighted by atomic mass is 16.6. The number of fused-ring (bicyclic) bond motifs is 1. The Morgan fingerprint density at radius 2 is 1.95 bits per heavy atom. The Balaban J connectivity index is 1.44. The minimum Gasteiger partial charge on any atom is -0.496 e. The first-order valence-corrected chi connectivity index (χ1v) is 13.0. The van der Waals surface area contributed by atoms with Crippen molar-refractivity contribution in [1.82, 2.24) is 14.9 Å². The lowest BCUT2D eigenvalue weighted by atomic mass is 9.99. The lowest BCUT2D eigenvalue weighted by Crippen LogP contribution is -2.28. The van der Waals surface area contributed by atoms with Crippen LogP contribution in [0, 0.1) is 0 Å². The number of carbonyl (C=O) groups excluding carboxylic acids is 2. The molecule has 1 saturated heterocycles. The van der Waals surface area contributed by atoms with E-state index in [1.165, 1.54) is 4.90 Å². The normalized spacial score (nSPS) is 15.1. The fourth-order valence-corrected chi connectivity index (χ4v) is 4.76. The van der Waals surface area contributed by atoms with Gasteiger partial charge >= 0.3 is 6.09 Å². The molecule has 1 aliphatic rings. The Morgan fingerprint density at radius 1 is 1.10 bits per heavy atom. The van der Waals surface area contributed by atoms with Crippen LogP contribution >= 0.6 is 0 Å². The van der Waals surface area contributed by atoms with Gasteiger partial charge in [0.2, 0.25) is 0 Å². The summed E-state index contributed by atoms with van der Waals surface area (Å²) in [6, 6.07) is 15.2. The summed E-state index contributed by atoms with van der Waals surface area (Å²) < 4.78 is 16.6. The van der Waals surface area contributed by atoms with Crippen molar-refractivity contribution >= 4 is 28.7 Å². The van der Waals surface area contributed by atoms with Crippen LogP contribution < -0.4 is 10.1 Å². The number of ether oxygens (including phenoxy) is 3. The van der Waals surface area contributed by atoms with Crippen LogP contribution in [0.25, 0.3) is 33.3 Å². The number of nitrogens with one attached hydrogen (secondary N) is 2. The molecule has 5 rings (SSSR count). The molecule has 1 aliphatic heterocycles.